The van der Waals surface area contributed by atoms with Crippen molar-refractivity contribution in [2.75, 3.05) is 17.7 Å². The van der Waals surface area contributed by atoms with Gasteiger partial charge in [0.1, 0.15) is 5.82 Å². The highest BCUT2D eigenvalue weighted by Crippen LogP contribution is 2.36. The monoisotopic (exact) mass is 421 g/mol. The Kier molecular flexibility index (Phi) is 5.48. The summed E-state index contributed by atoms with van der Waals surface area (Å²) in [5, 5.41) is 12.0. The Balaban J connectivity index is 1.80. The number of aliphatic hydroxyl groups excluding tert-OH is 1. The number of anilines is 1. The van der Waals surface area contributed by atoms with Gasteiger partial charge in [-0.3, -0.25) is 14.4 Å². The molecule has 0 saturated heterocycles. The third-order valence-electron chi connectivity index (χ3n) is 4.73. The number of halogens is 1. The van der Waals surface area contributed by atoms with Gasteiger partial charge in [0.25, 0.3) is 5.91 Å². The van der Waals surface area contributed by atoms with E-state index in [1.54, 1.807) is 24.3 Å². The average Bonchev–Trinajstić information content (AvgIpc) is 2.77. The number of carbonyl (C=O) groups excluding carboxylic acids is 3. The Morgan fingerprint density at radius 2 is 1.57 bits per heavy atom. The molecule has 7 heteroatoms. The highest BCUT2D eigenvalue weighted by atomic mass is 32.2. The van der Waals surface area contributed by atoms with Crippen LogP contribution in [-0.4, -0.2) is 34.9 Å². The molecule has 4 rings (SSSR count). The van der Waals surface area contributed by atoms with Gasteiger partial charge in [0.05, 0.1) is 12.2 Å². The number of rotatable bonds is 5. The molecule has 0 fully saturated rings. The molecule has 0 spiro atoms. The second-order valence-electron chi connectivity index (χ2n) is 6.60. The van der Waals surface area contributed by atoms with E-state index >= 15 is 0 Å². The van der Waals surface area contributed by atoms with Gasteiger partial charge < -0.3 is 10.4 Å². The normalized spacial score (nSPS) is 12.3. The van der Waals surface area contributed by atoms with E-state index < -0.39 is 11.7 Å². The van der Waals surface area contributed by atoms with Gasteiger partial charge in [-0.05, 0) is 36.4 Å². The maximum absolute atomic E-state index is 13.2. The van der Waals surface area contributed by atoms with Crippen LogP contribution in [0.1, 0.15) is 42.2 Å². The summed E-state index contributed by atoms with van der Waals surface area (Å²) in [6, 6.07) is 14.9. The smallest absolute Gasteiger partial charge is 0.256 e. The Morgan fingerprint density at radius 3 is 2.23 bits per heavy atom. The molecule has 1 aliphatic carbocycles. The molecule has 3 aromatic rings. The van der Waals surface area contributed by atoms with Crippen molar-refractivity contribution in [2.24, 2.45) is 0 Å². The number of fused-ring (bicyclic) bond motifs is 2. The lowest BCUT2D eigenvalue weighted by Crippen LogP contribution is -2.24. The van der Waals surface area contributed by atoms with Crippen LogP contribution in [0, 0.1) is 5.82 Å². The lowest BCUT2D eigenvalue weighted by Gasteiger charge is -2.22. The molecule has 0 unspecified atom stereocenters. The summed E-state index contributed by atoms with van der Waals surface area (Å²) in [4.78, 5) is 39.4. The first-order valence-corrected chi connectivity index (χ1v) is 10.2. The molecule has 0 aromatic heterocycles. The first-order chi connectivity index (χ1) is 14.5. The van der Waals surface area contributed by atoms with Crippen molar-refractivity contribution in [3.8, 4) is 0 Å². The molecule has 30 heavy (non-hydrogen) atoms. The van der Waals surface area contributed by atoms with Gasteiger partial charge in [-0.15, -0.1) is 11.8 Å². The number of nitrogens with one attached hydrogen (secondary N) is 1. The van der Waals surface area contributed by atoms with E-state index in [0.717, 1.165) is 11.8 Å². The Morgan fingerprint density at radius 1 is 0.900 bits per heavy atom. The number of amides is 1. The fraction of sp³-hybridized carbons (Fsp3) is 0.0870. The maximum Gasteiger partial charge on any atom is 0.256 e. The third kappa shape index (κ3) is 3.53. The molecule has 1 aliphatic rings. The van der Waals surface area contributed by atoms with E-state index in [0.29, 0.717) is 16.1 Å². The van der Waals surface area contributed by atoms with Gasteiger partial charge >= 0.3 is 0 Å². The maximum atomic E-state index is 13.2. The fourth-order valence-corrected chi connectivity index (χ4v) is 4.32. The summed E-state index contributed by atoms with van der Waals surface area (Å²) in [6.45, 7) is -0.161. The van der Waals surface area contributed by atoms with E-state index in [1.807, 2.05) is 0 Å². The van der Waals surface area contributed by atoms with Crippen LogP contribution in [-0.2, 0) is 0 Å². The number of hydrogen-bond acceptors (Lipinski definition) is 5. The van der Waals surface area contributed by atoms with Crippen molar-refractivity contribution in [1.29, 1.82) is 0 Å². The van der Waals surface area contributed by atoms with Crippen molar-refractivity contribution in [3.63, 3.8) is 0 Å². The van der Waals surface area contributed by atoms with E-state index in [2.05, 4.69) is 5.32 Å². The standard InChI is InChI=1S/C23H16FNO4S/c24-13-5-7-14(8-6-13)25-23(29)18-10-9-17-19(22(18)30-12-11-26)21(28)16-4-2-1-3-15(16)20(17)27/h1-10,26H,11-12H2,(H,25,29). The van der Waals surface area contributed by atoms with Gasteiger partial charge in [-0.25, -0.2) is 4.39 Å². The molecule has 2 N–H and O–H groups in total. The number of thioether (sulfide) groups is 1. The summed E-state index contributed by atoms with van der Waals surface area (Å²) in [7, 11) is 0. The van der Waals surface area contributed by atoms with Crippen LogP contribution in [0.2, 0.25) is 0 Å². The predicted octanol–water partition coefficient (Wildman–Crippen LogP) is 3.94. The first kappa shape index (κ1) is 20.0. The number of benzene rings is 3. The molecule has 5 nitrogen and oxygen atoms in total. The highest BCUT2D eigenvalue weighted by Gasteiger charge is 2.33. The minimum absolute atomic E-state index is 0.161. The van der Waals surface area contributed by atoms with Crippen LogP contribution < -0.4 is 5.32 Å². The topological polar surface area (TPSA) is 83.5 Å². The summed E-state index contributed by atoms with van der Waals surface area (Å²) in [6.07, 6.45) is 0. The largest absolute Gasteiger partial charge is 0.396 e. The minimum Gasteiger partial charge on any atom is -0.396 e. The van der Waals surface area contributed by atoms with Gasteiger partial charge in [-0.1, -0.05) is 24.3 Å². The minimum atomic E-state index is -0.496. The molecule has 0 radical (unpaired) electrons. The Bertz CT molecular complexity index is 1170. The lowest BCUT2D eigenvalue weighted by molar-refractivity contribution is 0.0975. The summed E-state index contributed by atoms with van der Waals surface area (Å²) >= 11 is 1.14. The van der Waals surface area contributed by atoms with Gasteiger partial charge in [0.2, 0.25) is 0 Å². The third-order valence-corrected chi connectivity index (χ3v) is 5.83. The van der Waals surface area contributed by atoms with Crippen LogP contribution in [0.15, 0.2) is 65.6 Å². The van der Waals surface area contributed by atoms with Crippen molar-refractivity contribution in [3.05, 3.63) is 94.3 Å². The SMILES string of the molecule is O=C(Nc1ccc(F)cc1)c1ccc2c(c1SCCO)C(=O)c1ccccc1C2=O. The molecular formula is C23H16FNO4S. The van der Waals surface area contributed by atoms with Crippen molar-refractivity contribution < 1.29 is 23.9 Å². The van der Waals surface area contributed by atoms with Gasteiger partial charge in [0, 0.05) is 38.6 Å². The summed E-state index contributed by atoms with van der Waals surface area (Å²) < 4.78 is 13.1. The van der Waals surface area contributed by atoms with Crippen LogP contribution in [0.5, 0.6) is 0 Å². The second kappa shape index (κ2) is 8.22. The average molecular weight is 421 g/mol. The molecule has 0 atom stereocenters. The quantitative estimate of drug-likeness (QED) is 0.477. The zero-order valence-corrected chi connectivity index (χ0v) is 16.5. The molecule has 1 amide bonds. The number of ketones is 2. The summed E-state index contributed by atoms with van der Waals surface area (Å²) in [5.74, 6) is -1.29. The predicted molar refractivity (Wildman–Crippen MR) is 112 cm³/mol. The van der Waals surface area contributed by atoms with Crippen molar-refractivity contribution in [2.45, 2.75) is 4.90 Å². The molecule has 0 bridgehead atoms. The summed E-state index contributed by atoms with van der Waals surface area (Å²) in [5.41, 5.74) is 1.62. The van der Waals surface area contributed by atoms with Crippen LogP contribution in [0.4, 0.5) is 10.1 Å². The Hall–Kier alpha value is -3.29. The van der Waals surface area contributed by atoms with Crippen molar-refractivity contribution >= 4 is 34.9 Å². The van der Waals surface area contributed by atoms with Crippen molar-refractivity contribution in [1.82, 2.24) is 0 Å². The van der Waals surface area contributed by atoms with E-state index in [4.69, 9.17) is 0 Å². The number of aliphatic hydroxyl groups is 1. The Labute approximate surface area is 175 Å². The van der Waals surface area contributed by atoms with Crippen LogP contribution in [0.25, 0.3) is 0 Å². The van der Waals surface area contributed by atoms with Gasteiger partial charge in [0.15, 0.2) is 11.6 Å². The molecule has 0 heterocycles. The van der Waals surface area contributed by atoms with E-state index in [1.165, 1.54) is 36.4 Å². The second-order valence-corrected chi connectivity index (χ2v) is 7.71. The first-order valence-electron chi connectivity index (χ1n) is 9.17. The zero-order valence-electron chi connectivity index (χ0n) is 15.6. The number of carbonyl (C=O) groups is 3. The van der Waals surface area contributed by atoms with E-state index in [-0.39, 0.29) is 46.2 Å². The van der Waals surface area contributed by atoms with Crippen LogP contribution >= 0.6 is 11.8 Å². The molecule has 3 aromatic carbocycles. The van der Waals surface area contributed by atoms with Crippen LogP contribution in [0.3, 0.4) is 0 Å². The zero-order chi connectivity index (χ0) is 21.3. The lowest BCUT2D eigenvalue weighted by atomic mass is 9.83. The molecular weight excluding hydrogens is 405 g/mol. The molecule has 0 saturated carbocycles. The van der Waals surface area contributed by atoms with E-state index in [9.17, 15) is 23.9 Å². The number of hydrogen-bond donors (Lipinski definition) is 2. The fourth-order valence-electron chi connectivity index (χ4n) is 3.36. The van der Waals surface area contributed by atoms with Gasteiger partial charge in [-0.2, -0.15) is 0 Å². The molecule has 150 valence electrons. The highest BCUT2D eigenvalue weighted by molar-refractivity contribution is 7.99. The molecule has 0 aliphatic heterocycles.